The summed E-state index contributed by atoms with van der Waals surface area (Å²) >= 11 is 0. The van der Waals surface area contributed by atoms with E-state index in [-0.39, 0.29) is 0 Å². The van der Waals surface area contributed by atoms with Gasteiger partial charge in [-0.25, -0.2) is 0 Å². The van der Waals surface area contributed by atoms with Crippen molar-refractivity contribution in [2.24, 2.45) is 0 Å². The molecule has 0 amide bonds. The lowest BCUT2D eigenvalue weighted by Crippen LogP contribution is -2.29. The van der Waals surface area contributed by atoms with Crippen LogP contribution in [0.5, 0.6) is 5.75 Å². The molecule has 0 aliphatic heterocycles. The van der Waals surface area contributed by atoms with Crippen LogP contribution >= 0.6 is 0 Å². The lowest BCUT2D eigenvalue weighted by Gasteiger charge is -2.16. The highest BCUT2D eigenvalue weighted by molar-refractivity contribution is 5.27. The average Bonchev–Trinajstić information content (AvgIpc) is 2.47. The zero-order valence-electron chi connectivity index (χ0n) is 12.3. The molecule has 1 unspecified atom stereocenters. The van der Waals surface area contributed by atoms with E-state index in [4.69, 9.17) is 4.74 Å². The number of hydrogen-bond donors (Lipinski definition) is 1. The predicted molar refractivity (Wildman–Crippen MR) is 81.5 cm³/mol. The predicted octanol–water partition coefficient (Wildman–Crippen LogP) is 3.41. The second-order valence-corrected chi connectivity index (χ2v) is 4.67. The highest BCUT2D eigenvalue weighted by atomic mass is 16.5. The van der Waals surface area contributed by atoms with Gasteiger partial charge in [0.2, 0.25) is 0 Å². The van der Waals surface area contributed by atoms with Gasteiger partial charge in [-0.15, -0.1) is 11.8 Å². The van der Waals surface area contributed by atoms with E-state index in [1.165, 1.54) is 12.0 Å². The summed E-state index contributed by atoms with van der Waals surface area (Å²) in [6.45, 7) is 5.16. The Bertz CT molecular complexity index is 400. The molecule has 1 rings (SSSR count). The van der Waals surface area contributed by atoms with Crippen molar-refractivity contribution in [3.63, 3.8) is 0 Å². The number of benzene rings is 1. The summed E-state index contributed by atoms with van der Waals surface area (Å²) in [5.74, 6) is 7.08. The number of ether oxygens (including phenoxy) is 1. The van der Waals surface area contributed by atoms with E-state index in [9.17, 15) is 0 Å². The SMILES string of the molecule is CC#CCC(CCc1ccc(OC)cc1)NCCC. The molecule has 0 radical (unpaired) electrons. The maximum Gasteiger partial charge on any atom is 0.118 e. The van der Waals surface area contributed by atoms with Crippen LogP contribution in [0.25, 0.3) is 0 Å². The van der Waals surface area contributed by atoms with Gasteiger partial charge in [-0.3, -0.25) is 0 Å². The standard InChI is InChI=1S/C17H25NO/c1-4-6-7-16(18-14-5-2)11-8-15-9-12-17(19-3)13-10-15/h9-10,12-13,16,18H,5,7-8,11,14H2,1-3H3. The third-order valence-corrected chi connectivity index (χ3v) is 3.15. The molecular weight excluding hydrogens is 234 g/mol. The minimum Gasteiger partial charge on any atom is -0.497 e. The van der Waals surface area contributed by atoms with E-state index < -0.39 is 0 Å². The molecule has 0 spiro atoms. The van der Waals surface area contributed by atoms with Crippen LogP contribution in [0, 0.1) is 11.8 Å². The third kappa shape index (κ3) is 6.31. The van der Waals surface area contributed by atoms with Gasteiger partial charge < -0.3 is 10.1 Å². The van der Waals surface area contributed by atoms with Gasteiger partial charge in [-0.05, 0) is 50.4 Å². The minimum absolute atomic E-state index is 0.495. The van der Waals surface area contributed by atoms with Crippen LogP contribution in [0.15, 0.2) is 24.3 Å². The van der Waals surface area contributed by atoms with Crippen LogP contribution in [0.3, 0.4) is 0 Å². The smallest absolute Gasteiger partial charge is 0.118 e. The summed E-state index contributed by atoms with van der Waals surface area (Å²) < 4.78 is 5.17. The Morgan fingerprint density at radius 2 is 2.00 bits per heavy atom. The van der Waals surface area contributed by atoms with E-state index in [1.807, 2.05) is 19.1 Å². The van der Waals surface area contributed by atoms with Crippen LogP contribution in [0.2, 0.25) is 0 Å². The fraction of sp³-hybridized carbons (Fsp3) is 0.529. The zero-order chi connectivity index (χ0) is 13.9. The van der Waals surface area contributed by atoms with Gasteiger partial charge in [-0.1, -0.05) is 19.1 Å². The fourth-order valence-corrected chi connectivity index (χ4v) is 1.98. The number of nitrogens with one attached hydrogen (secondary N) is 1. The van der Waals surface area contributed by atoms with Crippen molar-refractivity contribution >= 4 is 0 Å². The molecule has 0 fully saturated rings. The lowest BCUT2D eigenvalue weighted by atomic mass is 10.0. The Morgan fingerprint density at radius 3 is 2.58 bits per heavy atom. The summed E-state index contributed by atoms with van der Waals surface area (Å²) in [6, 6.07) is 8.82. The summed E-state index contributed by atoms with van der Waals surface area (Å²) in [5, 5.41) is 3.57. The van der Waals surface area contributed by atoms with Crippen LogP contribution in [-0.4, -0.2) is 19.7 Å². The van der Waals surface area contributed by atoms with Crippen molar-refractivity contribution in [2.75, 3.05) is 13.7 Å². The van der Waals surface area contributed by atoms with Crippen LogP contribution < -0.4 is 10.1 Å². The number of aryl methyl sites for hydroxylation is 1. The van der Waals surface area contributed by atoms with Crippen LogP contribution in [-0.2, 0) is 6.42 Å². The molecule has 2 heteroatoms. The Balaban J connectivity index is 2.45. The first-order valence-corrected chi connectivity index (χ1v) is 7.06. The monoisotopic (exact) mass is 259 g/mol. The Hall–Kier alpha value is -1.46. The fourth-order valence-electron chi connectivity index (χ4n) is 1.98. The highest BCUT2D eigenvalue weighted by Gasteiger charge is 2.06. The van der Waals surface area contributed by atoms with E-state index in [2.05, 4.69) is 36.2 Å². The van der Waals surface area contributed by atoms with Crippen molar-refractivity contribution in [3.05, 3.63) is 29.8 Å². The topological polar surface area (TPSA) is 21.3 Å². The second-order valence-electron chi connectivity index (χ2n) is 4.67. The quantitative estimate of drug-likeness (QED) is 0.722. The highest BCUT2D eigenvalue weighted by Crippen LogP contribution is 2.13. The van der Waals surface area contributed by atoms with Crippen molar-refractivity contribution in [3.8, 4) is 17.6 Å². The normalized spacial score (nSPS) is 11.5. The van der Waals surface area contributed by atoms with Crippen molar-refractivity contribution in [1.82, 2.24) is 5.32 Å². The average molecular weight is 259 g/mol. The Kier molecular flexibility index (Phi) is 7.77. The molecule has 0 aliphatic carbocycles. The van der Waals surface area contributed by atoms with Gasteiger partial charge in [0, 0.05) is 12.5 Å². The molecule has 0 aliphatic rings. The number of methoxy groups -OCH3 is 1. The molecular formula is C17H25NO. The molecule has 0 heterocycles. The molecule has 0 saturated heterocycles. The maximum absolute atomic E-state index is 5.17. The van der Waals surface area contributed by atoms with E-state index in [0.29, 0.717) is 6.04 Å². The first kappa shape index (κ1) is 15.6. The molecule has 1 aromatic carbocycles. The lowest BCUT2D eigenvalue weighted by molar-refractivity contribution is 0.414. The van der Waals surface area contributed by atoms with E-state index in [1.54, 1.807) is 7.11 Å². The van der Waals surface area contributed by atoms with Gasteiger partial charge in [-0.2, -0.15) is 0 Å². The molecule has 2 nitrogen and oxygen atoms in total. The first-order chi connectivity index (χ1) is 9.30. The molecule has 19 heavy (non-hydrogen) atoms. The molecule has 1 atom stereocenters. The molecule has 104 valence electrons. The van der Waals surface area contributed by atoms with Crippen LogP contribution in [0.4, 0.5) is 0 Å². The molecule has 1 aromatic rings. The second kappa shape index (κ2) is 9.47. The Labute approximate surface area is 117 Å². The Morgan fingerprint density at radius 1 is 1.26 bits per heavy atom. The molecule has 0 bridgehead atoms. The summed E-state index contributed by atoms with van der Waals surface area (Å²) in [4.78, 5) is 0. The van der Waals surface area contributed by atoms with Crippen LogP contribution in [0.1, 0.15) is 38.7 Å². The van der Waals surface area contributed by atoms with E-state index in [0.717, 1.165) is 31.6 Å². The first-order valence-electron chi connectivity index (χ1n) is 7.06. The van der Waals surface area contributed by atoms with Crippen molar-refractivity contribution in [1.29, 1.82) is 0 Å². The van der Waals surface area contributed by atoms with Gasteiger partial charge in [0.15, 0.2) is 0 Å². The molecule has 0 saturated carbocycles. The largest absolute Gasteiger partial charge is 0.497 e. The zero-order valence-corrected chi connectivity index (χ0v) is 12.3. The number of hydrogen-bond acceptors (Lipinski definition) is 2. The third-order valence-electron chi connectivity index (χ3n) is 3.15. The van der Waals surface area contributed by atoms with Gasteiger partial charge in [0.25, 0.3) is 0 Å². The summed E-state index contributed by atoms with van der Waals surface area (Å²) in [7, 11) is 1.70. The van der Waals surface area contributed by atoms with Gasteiger partial charge in [0.05, 0.1) is 7.11 Å². The minimum atomic E-state index is 0.495. The number of rotatable bonds is 8. The van der Waals surface area contributed by atoms with Gasteiger partial charge in [0.1, 0.15) is 5.75 Å². The summed E-state index contributed by atoms with van der Waals surface area (Å²) in [6.07, 6.45) is 4.31. The molecule has 0 aromatic heterocycles. The summed E-state index contributed by atoms with van der Waals surface area (Å²) in [5.41, 5.74) is 1.36. The van der Waals surface area contributed by atoms with Crippen molar-refractivity contribution < 1.29 is 4.74 Å². The van der Waals surface area contributed by atoms with Crippen molar-refractivity contribution in [2.45, 2.75) is 45.6 Å². The van der Waals surface area contributed by atoms with E-state index >= 15 is 0 Å². The maximum atomic E-state index is 5.17. The van der Waals surface area contributed by atoms with Gasteiger partial charge >= 0.3 is 0 Å². The molecule has 1 N–H and O–H groups in total.